The molecule has 14 heavy (non-hydrogen) atoms. The van der Waals surface area contributed by atoms with E-state index in [-0.39, 0.29) is 5.57 Å². The fourth-order valence-electron chi connectivity index (χ4n) is 0.985. The van der Waals surface area contributed by atoms with Gasteiger partial charge in [-0.1, -0.05) is 0 Å². The summed E-state index contributed by atoms with van der Waals surface area (Å²) in [6, 6.07) is 3.50. The molecular weight excluding hydrogens is 178 g/mol. The minimum atomic E-state index is -0.00481. The average Bonchev–Trinajstić information content (AvgIpc) is 2.42. The maximum absolute atomic E-state index is 8.54. The Kier molecular flexibility index (Phi) is 2.54. The maximum Gasteiger partial charge on any atom is 0.131 e. The van der Waals surface area contributed by atoms with Crippen LogP contribution in [0.3, 0.4) is 0 Å². The smallest absolute Gasteiger partial charge is 0.131 e. The summed E-state index contributed by atoms with van der Waals surface area (Å²) in [7, 11) is 1.77. The van der Waals surface area contributed by atoms with Gasteiger partial charge in [-0.25, -0.2) is 4.98 Å². The largest absolute Gasteiger partial charge is 0.383 e. The summed E-state index contributed by atoms with van der Waals surface area (Å²) in [4.78, 5) is 4.10. The minimum absolute atomic E-state index is 0.00481. The maximum atomic E-state index is 8.54. The zero-order valence-corrected chi connectivity index (χ0v) is 7.94. The molecule has 0 atom stereocenters. The van der Waals surface area contributed by atoms with E-state index in [4.69, 9.17) is 16.3 Å². The highest BCUT2D eigenvalue weighted by atomic mass is 15.1. The number of hydrogen-bond donors (Lipinski definition) is 1. The van der Waals surface area contributed by atoms with Crippen molar-refractivity contribution in [3.05, 3.63) is 17.1 Å². The predicted molar refractivity (Wildman–Crippen MR) is 51.6 cm³/mol. The van der Waals surface area contributed by atoms with E-state index < -0.39 is 0 Å². The topological polar surface area (TPSA) is 91.4 Å². The average molecular weight is 187 g/mol. The van der Waals surface area contributed by atoms with E-state index in [0.717, 1.165) is 5.82 Å². The van der Waals surface area contributed by atoms with E-state index in [0.29, 0.717) is 11.5 Å². The summed E-state index contributed by atoms with van der Waals surface area (Å²) in [6.45, 7) is 1.80. The van der Waals surface area contributed by atoms with Gasteiger partial charge in [-0.05, 0) is 13.0 Å². The molecule has 0 radical (unpaired) electrons. The fraction of sp³-hybridized carbons (Fsp3) is 0.222. The van der Waals surface area contributed by atoms with E-state index in [1.807, 2.05) is 0 Å². The lowest BCUT2D eigenvalue weighted by Gasteiger charge is -1.95. The number of allylic oxidation sites excluding steroid dienone is 1. The molecule has 1 aromatic rings. The van der Waals surface area contributed by atoms with Crippen LogP contribution in [0.2, 0.25) is 0 Å². The highest BCUT2D eigenvalue weighted by Gasteiger charge is 2.07. The van der Waals surface area contributed by atoms with E-state index in [9.17, 15) is 0 Å². The number of hydrogen-bond acceptors (Lipinski definition) is 4. The van der Waals surface area contributed by atoms with Crippen molar-refractivity contribution in [1.82, 2.24) is 9.55 Å². The molecule has 0 aliphatic carbocycles. The van der Waals surface area contributed by atoms with Crippen LogP contribution in [0.5, 0.6) is 0 Å². The van der Waals surface area contributed by atoms with Gasteiger partial charge in [0.15, 0.2) is 0 Å². The van der Waals surface area contributed by atoms with Gasteiger partial charge in [0.2, 0.25) is 0 Å². The molecule has 5 heteroatoms. The van der Waals surface area contributed by atoms with Crippen molar-refractivity contribution in [2.75, 3.05) is 5.73 Å². The highest BCUT2D eigenvalue weighted by molar-refractivity contribution is 5.66. The number of rotatable bonds is 1. The van der Waals surface area contributed by atoms with Gasteiger partial charge in [0.05, 0.1) is 0 Å². The molecule has 0 aliphatic heterocycles. The van der Waals surface area contributed by atoms with E-state index in [1.165, 1.54) is 6.08 Å². The van der Waals surface area contributed by atoms with Gasteiger partial charge < -0.3 is 10.3 Å². The van der Waals surface area contributed by atoms with Crippen LogP contribution < -0.4 is 5.73 Å². The van der Waals surface area contributed by atoms with Gasteiger partial charge in [-0.3, -0.25) is 0 Å². The van der Waals surface area contributed by atoms with Gasteiger partial charge >= 0.3 is 0 Å². The highest BCUT2D eigenvalue weighted by Crippen LogP contribution is 2.15. The molecule has 70 valence electrons. The van der Waals surface area contributed by atoms with Crippen LogP contribution in [0, 0.1) is 29.6 Å². The Morgan fingerprint density at radius 2 is 2.07 bits per heavy atom. The quantitative estimate of drug-likeness (QED) is 0.656. The first-order valence-corrected chi connectivity index (χ1v) is 3.90. The molecule has 0 amide bonds. The summed E-state index contributed by atoms with van der Waals surface area (Å²) in [6.07, 6.45) is 1.38. The van der Waals surface area contributed by atoms with Crippen molar-refractivity contribution >= 4 is 11.9 Å². The molecule has 2 N–H and O–H groups in total. The fourth-order valence-corrected chi connectivity index (χ4v) is 0.985. The zero-order valence-electron chi connectivity index (χ0n) is 7.94. The number of anilines is 1. The number of imidazole rings is 1. The van der Waals surface area contributed by atoms with Gasteiger partial charge in [-0.2, -0.15) is 10.5 Å². The first kappa shape index (κ1) is 9.82. The Bertz CT molecular complexity index is 451. The summed E-state index contributed by atoms with van der Waals surface area (Å²) in [5.74, 6) is 1.19. The first-order valence-electron chi connectivity index (χ1n) is 3.90. The second-order valence-corrected chi connectivity index (χ2v) is 2.77. The second-order valence-electron chi connectivity index (χ2n) is 2.77. The normalized spacial score (nSPS) is 8.86. The summed E-state index contributed by atoms with van der Waals surface area (Å²) < 4.78 is 1.69. The van der Waals surface area contributed by atoms with Gasteiger partial charge in [0.1, 0.15) is 35.0 Å². The lowest BCUT2D eigenvalue weighted by atomic mass is 10.2. The van der Waals surface area contributed by atoms with Crippen LogP contribution in [-0.2, 0) is 7.05 Å². The van der Waals surface area contributed by atoms with Crippen molar-refractivity contribution < 1.29 is 0 Å². The van der Waals surface area contributed by atoms with Crippen molar-refractivity contribution in [2.24, 2.45) is 7.05 Å². The third-order valence-electron chi connectivity index (χ3n) is 1.91. The lowest BCUT2D eigenvalue weighted by Crippen LogP contribution is -1.98. The van der Waals surface area contributed by atoms with Gasteiger partial charge in [0.25, 0.3) is 0 Å². The molecule has 1 aromatic heterocycles. The number of nitriles is 2. The van der Waals surface area contributed by atoms with Crippen LogP contribution in [-0.4, -0.2) is 9.55 Å². The molecular formula is C9H9N5. The van der Waals surface area contributed by atoms with Crippen molar-refractivity contribution in [3.63, 3.8) is 0 Å². The Balaban J connectivity index is 3.25. The zero-order chi connectivity index (χ0) is 10.7. The van der Waals surface area contributed by atoms with E-state index in [2.05, 4.69) is 4.98 Å². The van der Waals surface area contributed by atoms with Gasteiger partial charge in [0, 0.05) is 7.05 Å². The number of nitrogen functional groups attached to an aromatic ring is 1. The third kappa shape index (κ3) is 1.57. The van der Waals surface area contributed by atoms with Crippen LogP contribution in [0.25, 0.3) is 6.08 Å². The summed E-state index contributed by atoms with van der Waals surface area (Å²) >= 11 is 0. The molecule has 0 saturated heterocycles. The monoisotopic (exact) mass is 187 g/mol. The number of nitrogens with zero attached hydrogens (tertiary/aromatic N) is 4. The Morgan fingerprint density at radius 1 is 1.50 bits per heavy atom. The van der Waals surface area contributed by atoms with Crippen LogP contribution in [0.4, 0.5) is 5.82 Å². The van der Waals surface area contributed by atoms with Gasteiger partial charge in [-0.15, -0.1) is 0 Å². The number of aryl methyl sites for hydroxylation is 1. The Labute approximate surface area is 81.7 Å². The molecule has 0 bridgehead atoms. The molecule has 5 nitrogen and oxygen atoms in total. The van der Waals surface area contributed by atoms with E-state index in [1.54, 1.807) is 30.7 Å². The molecule has 0 aromatic carbocycles. The third-order valence-corrected chi connectivity index (χ3v) is 1.91. The summed E-state index contributed by atoms with van der Waals surface area (Å²) in [5.41, 5.74) is 6.15. The number of nitrogens with two attached hydrogens (primary N) is 1. The molecule has 1 rings (SSSR count). The molecule has 0 fully saturated rings. The standard InChI is InChI=1S/C9H9N5/c1-6-13-8(9(12)14(6)2)3-7(4-10)5-11/h3H,12H2,1-2H3. The van der Waals surface area contributed by atoms with Crippen LogP contribution in [0.1, 0.15) is 11.5 Å². The molecule has 1 heterocycles. The van der Waals surface area contributed by atoms with Crippen molar-refractivity contribution in [3.8, 4) is 12.1 Å². The number of aromatic nitrogens is 2. The van der Waals surface area contributed by atoms with Crippen LogP contribution >= 0.6 is 0 Å². The summed E-state index contributed by atoms with van der Waals surface area (Å²) in [5, 5.41) is 17.1. The molecule has 0 spiro atoms. The minimum Gasteiger partial charge on any atom is -0.383 e. The van der Waals surface area contributed by atoms with Crippen LogP contribution in [0.15, 0.2) is 5.57 Å². The molecule has 0 unspecified atom stereocenters. The first-order chi connectivity index (χ1) is 6.60. The second kappa shape index (κ2) is 3.63. The SMILES string of the molecule is Cc1nc(C=C(C#N)C#N)c(N)n1C. The van der Waals surface area contributed by atoms with Crippen molar-refractivity contribution in [1.29, 1.82) is 10.5 Å². The predicted octanol–water partition coefficient (Wildman–Crippen LogP) is 0.741. The Morgan fingerprint density at radius 3 is 2.43 bits per heavy atom. The lowest BCUT2D eigenvalue weighted by molar-refractivity contribution is 0.868. The molecule has 0 aliphatic rings. The van der Waals surface area contributed by atoms with Crippen molar-refractivity contribution in [2.45, 2.75) is 6.92 Å². The van der Waals surface area contributed by atoms with E-state index >= 15 is 0 Å². The molecule has 0 saturated carbocycles. The Hall–Kier alpha value is -2.27.